The van der Waals surface area contributed by atoms with Crippen LogP contribution in [0.4, 0.5) is 4.79 Å². The molecule has 0 unspecified atom stereocenters. The first-order valence-corrected chi connectivity index (χ1v) is 14.5. The van der Waals surface area contributed by atoms with Gasteiger partial charge in [0.1, 0.15) is 28.7 Å². The van der Waals surface area contributed by atoms with E-state index in [0.29, 0.717) is 24.2 Å². The Kier molecular flexibility index (Phi) is 12.4. The maximum atomic E-state index is 12.6. The van der Waals surface area contributed by atoms with Crippen LogP contribution in [-0.2, 0) is 14.3 Å². The average Bonchev–Trinajstić information content (AvgIpc) is 3.11. The van der Waals surface area contributed by atoms with Gasteiger partial charge >= 0.3 is 30.0 Å². The van der Waals surface area contributed by atoms with Crippen LogP contribution in [0.15, 0.2) is 110 Å². The fourth-order valence-corrected chi connectivity index (χ4v) is 3.84. The molecule has 0 aliphatic rings. The summed E-state index contributed by atoms with van der Waals surface area (Å²) in [7, 11) is 1.53. The van der Waals surface area contributed by atoms with Crippen LogP contribution in [-0.4, -0.2) is 50.4 Å². The lowest BCUT2D eigenvalue weighted by atomic mass is 10.2. The van der Waals surface area contributed by atoms with Crippen molar-refractivity contribution < 1.29 is 57.1 Å². The highest BCUT2D eigenvalue weighted by Gasteiger charge is 2.14. The van der Waals surface area contributed by atoms with E-state index in [1.54, 1.807) is 24.3 Å². The Labute approximate surface area is 275 Å². The lowest BCUT2D eigenvalue weighted by molar-refractivity contribution is -0.137. The summed E-state index contributed by atoms with van der Waals surface area (Å²) in [4.78, 5) is 60.4. The molecule has 0 radical (unpaired) electrons. The SMILES string of the molecule is C=CC(=O)OCCCCOC(=O)Oc1ccc(C(=O)Oc2ccc(C(=O)Oc3ccc(OC(=O)c4ccc(OC)cc4)cc3)cc2)cc1. The fraction of sp³-hybridized carbons (Fsp3) is 0.139. The van der Waals surface area contributed by atoms with Crippen molar-refractivity contribution >= 4 is 30.0 Å². The fourth-order valence-electron chi connectivity index (χ4n) is 3.84. The monoisotopic (exact) mass is 654 g/mol. The van der Waals surface area contributed by atoms with E-state index in [9.17, 15) is 24.0 Å². The summed E-state index contributed by atoms with van der Waals surface area (Å²) in [6.45, 7) is 3.55. The molecule has 4 aromatic carbocycles. The summed E-state index contributed by atoms with van der Waals surface area (Å²) in [6, 6.07) is 23.8. The number of carbonyl (C=O) groups excluding carboxylic acids is 5. The molecular formula is C36H30O12. The molecular weight excluding hydrogens is 624 g/mol. The third kappa shape index (κ3) is 10.6. The number of methoxy groups -OCH3 is 1. The smallest absolute Gasteiger partial charge is 0.497 e. The van der Waals surface area contributed by atoms with Crippen LogP contribution in [0.25, 0.3) is 0 Å². The number of unbranched alkanes of at least 4 members (excludes halogenated alkanes) is 1. The highest BCUT2D eigenvalue weighted by Crippen LogP contribution is 2.22. The van der Waals surface area contributed by atoms with Crippen LogP contribution >= 0.6 is 0 Å². The largest absolute Gasteiger partial charge is 0.513 e. The predicted octanol–water partition coefficient (Wildman–Crippen LogP) is 6.38. The van der Waals surface area contributed by atoms with Crippen molar-refractivity contribution in [2.24, 2.45) is 0 Å². The van der Waals surface area contributed by atoms with Crippen LogP contribution in [0.1, 0.15) is 43.9 Å². The molecule has 0 atom stereocenters. The summed E-state index contributed by atoms with van der Waals surface area (Å²) >= 11 is 0. The van der Waals surface area contributed by atoms with Gasteiger partial charge in [0.15, 0.2) is 0 Å². The van der Waals surface area contributed by atoms with E-state index in [1.165, 1.54) is 79.9 Å². The summed E-state index contributed by atoms with van der Waals surface area (Å²) in [5.74, 6) is -0.962. The Hall–Kier alpha value is -6.43. The molecule has 0 spiro atoms. The standard InChI is InChI=1S/C36H30O12/c1-3-32(37)43-22-4-5-23-44-36(41)48-31-16-10-26(11-17-31)34(39)45-28-14-8-25(9-15-28)35(40)47-30-20-18-29(19-21-30)46-33(38)24-6-12-27(42-2)13-7-24/h3,6-21H,1,4-5,22-23H2,2H3. The van der Waals surface area contributed by atoms with Crippen LogP contribution in [0.5, 0.6) is 28.7 Å². The molecule has 4 aromatic rings. The molecule has 246 valence electrons. The molecule has 0 amide bonds. The van der Waals surface area contributed by atoms with E-state index >= 15 is 0 Å². The van der Waals surface area contributed by atoms with Crippen molar-refractivity contribution in [1.82, 2.24) is 0 Å². The van der Waals surface area contributed by atoms with Gasteiger partial charge in [0.05, 0.1) is 37.0 Å². The number of benzene rings is 4. The Morgan fingerprint density at radius 1 is 0.500 bits per heavy atom. The Morgan fingerprint density at radius 3 is 1.21 bits per heavy atom. The van der Waals surface area contributed by atoms with Crippen LogP contribution in [0, 0.1) is 0 Å². The maximum Gasteiger partial charge on any atom is 0.513 e. The second-order valence-electron chi connectivity index (χ2n) is 9.70. The molecule has 0 saturated carbocycles. The second-order valence-corrected chi connectivity index (χ2v) is 9.70. The van der Waals surface area contributed by atoms with E-state index in [2.05, 4.69) is 6.58 Å². The lowest BCUT2D eigenvalue weighted by Crippen LogP contribution is -2.13. The maximum absolute atomic E-state index is 12.6. The summed E-state index contributed by atoms with van der Waals surface area (Å²) in [6.07, 6.45) is 1.11. The lowest BCUT2D eigenvalue weighted by Gasteiger charge is -2.09. The van der Waals surface area contributed by atoms with Gasteiger partial charge in [-0.15, -0.1) is 0 Å². The molecule has 12 nitrogen and oxygen atoms in total. The zero-order valence-electron chi connectivity index (χ0n) is 25.7. The normalized spacial score (nSPS) is 10.2. The molecule has 0 heterocycles. The number of rotatable bonds is 14. The number of hydrogen-bond donors (Lipinski definition) is 0. The average molecular weight is 655 g/mol. The quantitative estimate of drug-likeness (QED) is 0.0488. The van der Waals surface area contributed by atoms with Crippen molar-refractivity contribution in [3.8, 4) is 28.7 Å². The molecule has 0 saturated heterocycles. The third-order valence-corrected chi connectivity index (χ3v) is 6.33. The van der Waals surface area contributed by atoms with E-state index in [0.717, 1.165) is 6.08 Å². The third-order valence-electron chi connectivity index (χ3n) is 6.33. The van der Waals surface area contributed by atoms with Crippen molar-refractivity contribution in [2.75, 3.05) is 20.3 Å². The van der Waals surface area contributed by atoms with Crippen LogP contribution < -0.4 is 23.7 Å². The molecule has 48 heavy (non-hydrogen) atoms. The number of carbonyl (C=O) groups is 5. The van der Waals surface area contributed by atoms with E-state index in [-0.39, 0.29) is 47.3 Å². The number of hydrogen-bond acceptors (Lipinski definition) is 12. The summed E-state index contributed by atoms with van der Waals surface area (Å²) in [5, 5.41) is 0. The topological polar surface area (TPSA) is 150 Å². The highest BCUT2D eigenvalue weighted by molar-refractivity contribution is 5.93. The number of ether oxygens (including phenoxy) is 7. The Bertz CT molecular complexity index is 1730. The van der Waals surface area contributed by atoms with Crippen molar-refractivity contribution in [3.63, 3.8) is 0 Å². The van der Waals surface area contributed by atoms with Gasteiger partial charge in [-0.1, -0.05) is 6.58 Å². The van der Waals surface area contributed by atoms with E-state index in [4.69, 9.17) is 33.2 Å². The summed E-state index contributed by atoms with van der Waals surface area (Å²) in [5.41, 5.74) is 0.736. The minimum atomic E-state index is -0.921. The van der Waals surface area contributed by atoms with Crippen molar-refractivity contribution in [2.45, 2.75) is 12.8 Å². The van der Waals surface area contributed by atoms with Gasteiger partial charge in [-0.2, -0.15) is 0 Å². The van der Waals surface area contributed by atoms with Crippen molar-refractivity contribution in [1.29, 1.82) is 0 Å². The zero-order chi connectivity index (χ0) is 34.3. The zero-order valence-corrected chi connectivity index (χ0v) is 25.7. The minimum Gasteiger partial charge on any atom is -0.497 e. The molecule has 0 aliphatic carbocycles. The molecule has 0 aliphatic heterocycles. The molecule has 0 N–H and O–H groups in total. The Balaban J connectivity index is 1.20. The van der Waals surface area contributed by atoms with Gasteiger partial charge < -0.3 is 33.2 Å². The van der Waals surface area contributed by atoms with Gasteiger partial charge in [0, 0.05) is 6.08 Å². The van der Waals surface area contributed by atoms with Gasteiger partial charge in [0.2, 0.25) is 0 Å². The molecule has 0 bridgehead atoms. The van der Waals surface area contributed by atoms with Gasteiger partial charge in [-0.3, -0.25) is 0 Å². The Morgan fingerprint density at radius 2 is 0.833 bits per heavy atom. The van der Waals surface area contributed by atoms with Gasteiger partial charge in [-0.05, 0) is 110 Å². The summed E-state index contributed by atoms with van der Waals surface area (Å²) < 4.78 is 36.0. The molecule has 4 rings (SSSR count). The molecule has 0 aromatic heterocycles. The molecule has 12 heteroatoms. The predicted molar refractivity (Wildman–Crippen MR) is 170 cm³/mol. The van der Waals surface area contributed by atoms with E-state index < -0.39 is 30.0 Å². The first-order valence-electron chi connectivity index (χ1n) is 14.5. The van der Waals surface area contributed by atoms with Crippen molar-refractivity contribution in [3.05, 3.63) is 126 Å². The van der Waals surface area contributed by atoms with Gasteiger partial charge in [0.25, 0.3) is 0 Å². The number of esters is 4. The molecule has 0 fully saturated rings. The second kappa shape index (κ2) is 17.3. The minimum absolute atomic E-state index is 0.0732. The van der Waals surface area contributed by atoms with Crippen LogP contribution in [0.3, 0.4) is 0 Å². The van der Waals surface area contributed by atoms with Crippen LogP contribution in [0.2, 0.25) is 0 Å². The van der Waals surface area contributed by atoms with Gasteiger partial charge in [-0.25, -0.2) is 24.0 Å². The highest BCUT2D eigenvalue weighted by atomic mass is 16.7. The van der Waals surface area contributed by atoms with E-state index in [1.807, 2.05) is 0 Å². The first kappa shape index (κ1) is 34.4. The first-order chi connectivity index (χ1) is 23.2.